The fraction of sp³-hybridized carbons (Fsp3) is 0.600. The average Bonchev–Trinajstić information content (AvgIpc) is 2.91. The highest BCUT2D eigenvalue weighted by atomic mass is 32.2. The van der Waals surface area contributed by atoms with E-state index in [1.807, 2.05) is 0 Å². The van der Waals surface area contributed by atoms with E-state index in [0.717, 1.165) is 19.3 Å². The van der Waals surface area contributed by atoms with Gasteiger partial charge in [-0.05, 0) is 18.9 Å². The Morgan fingerprint density at radius 1 is 1.18 bits per heavy atom. The minimum absolute atomic E-state index is 0.0638. The molecule has 2 aliphatic heterocycles. The zero-order chi connectivity index (χ0) is 15.7. The number of hydroxylamine groups is 2. The normalized spacial score (nSPS) is 28.1. The Hall–Kier alpha value is -1.02. The summed E-state index contributed by atoms with van der Waals surface area (Å²) >= 11 is 0. The molecule has 2 aliphatic rings. The number of nitrogens with zero attached hydrogens (tertiary/aromatic N) is 2. The largest absolute Gasteiger partial charge is 0.297 e. The van der Waals surface area contributed by atoms with Crippen LogP contribution in [0.25, 0.3) is 0 Å². The minimum Gasteiger partial charge on any atom is -0.297 e. The summed E-state index contributed by atoms with van der Waals surface area (Å²) in [5.41, 5.74) is 0.369. The molecular weight excluding hydrogens is 307 g/mol. The third kappa shape index (κ3) is 2.78. The third-order valence-corrected chi connectivity index (χ3v) is 6.71. The summed E-state index contributed by atoms with van der Waals surface area (Å²) in [5.74, 6) is -0.399. The molecule has 0 aliphatic carbocycles. The van der Waals surface area contributed by atoms with Crippen molar-refractivity contribution < 1.29 is 17.6 Å². The number of hydrogen-bond acceptors (Lipinski definition) is 4. The Balaban J connectivity index is 1.93. The fourth-order valence-corrected chi connectivity index (χ4v) is 5.29. The van der Waals surface area contributed by atoms with Crippen molar-refractivity contribution >= 4 is 10.0 Å². The molecule has 1 aromatic carbocycles. The maximum atomic E-state index is 14.1. The van der Waals surface area contributed by atoms with Crippen LogP contribution in [0.2, 0.25) is 0 Å². The van der Waals surface area contributed by atoms with Crippen LogP contribution in [-0.2, 0) is 14.9 Å². The smallest absolute Gasteiger partial charge is 0.221 e. The standard InChI is InChI=1S/C15H21FN2O3S/c1-17-15(12-7-3-4-8-13(12)16)14(11-21-17)22(19,20)18-9-5-2-6-10-18/h3-4,7-8,14-15H,2,5-6,9-11H2,1H3/t14-,15-/m0/s1. The molecule has 0 saturated carbocycles. The summed E-state index contributed by atoms with van der Waals surface area (Å²) in [5, 5.41) is 0.692. The van der Waals surface area contributed by atoms with Crippen molar-refractivity contribution in [2.45, 2.75) is 30.6 Å². The maximum Gasteiger partial charge on any atom is 0.221 e. The quantitative estimate of drug-likeness (QED) is 0.851. The number of rotatable bonds is 3. The number of sulfonamides is 1. The molecule has 5 nitrogen and oxygen atoms in total. The van der Waals surface area contributed by atoms with Gasteiger partial charge in [0.1, 0.15) is 11.1 Å². The second-order valence-electron chi connectivity index (χ2n) is 5.85. The lowest BCUT2D eigenvalue weighted by molar-refractivity contribution is -0.111. The van der Waals surface area contributed by atoms with Gasteiger partial charge in [-0.2, -0.15) is 5.06 Å². The van der Waals surface area contributed by atoms with E-state index in [9.17, 15) is 12.8 Å². The van der Waals surface area contributed by atoms with E-state index in [-0.39, 0.29) is 6.61 Å². The zero-order valence-electron chi connectivity index (χ0n) is 12.6. The van der Waals surface area contributed by atoms with E-state index < -0.39 is 27.1 Å². The molecule has 2 atom stereocenters. The summed E-state index contributed by atoms with van der Waals surface area (Å²) in [4.78, 5) is 5.43. The van der Waals surface area contributed by atoms with E-state index in [1.165, 1.54) is 15.4 Å². The lowest BCUT2D eigenvalue weighted by Gasteiger charge is -2.31. The highest BCUT2D eigenvalue weighted by molar-refractivity contribution is 7.89. The Morgan fingerprint density at radius 2 is 1.86 bits per heavy atom. The molecule has 0 radical (unpaired) electrons. The fourth-order valence-electron chi connectivity index (χ4n) is 3.27. The van der Waals surface area contributed by atoms with Crippen molar-refractivity contribution in [3.05, 3.63) is 35.6 Å². The Kier molecular flexibility index (Phi) is 4.49. The van der Waals surface area contributed by atoms with Crippen molar-refractivity contribution in [2.24, 2.45) is 0 Å². The van der Waals surface area contributed by atoms with Crippen LogP contribution in [0.3, 0.4) is 0 Å². The van der Waals surface area contributed by atoms with E-state index in [1.54, 1.807) is 25.2 Å². The van der Waals surface area contributed by atoms with Crippen LogP contribution in [0.1, 0.15) is 30.9 Å². The van der Waals surface area contributed by atoms with Crippen LogP contribution >= 0.6 is 0 Å². The van der Waals surface area contributed by atoms with E-state index in [2.05, 4.69) is 0 Å². The van der Waals surface area contributed by atoms with Crippen molar-refractivity contribution in [2.75, 3.05) is 26.7 Å². The van der Waals surface area contributed by atoms with Crippen molar-refractivity contribution in [1.82, 2.24) is 9.37 Å². The first-order valence-corrected chi connectivity index (χ1v) is 9.11. The number of hydrogen-bond donors (Lipinski definition) is 0. The molecule has 2 fully saturated rings. The summed E-state index contributed by atoms with van der Waals surface area (Å²) in [6.45, 7) is 1.16. The van der Waals surface area contributed by atoms with Gasteiger partial charge < -0.3 is 0 Å². The Morgan fingerprint density at radius 3 is 2.55 bits per heavy atom. The third-order valence-electron chi connectivity index (χ3n) is 4.47. The van der Waals surface area contributed by atoms with Gasteiger partial charge in [-0.3, -0.25) is 4.84 Å². The summed E-state index contributed by atoms with van der Waals surface area (Å²) in [6, 6.07) is 5.68. The summed E-state index contributed by atoms with van der Waals surface area (Å²) in [7, 11) is -1.85. The monoisotopic (exact) mass is 328 g/mol. The van der Waals surface area contributed by atoms with Crippen LogP contribution in [-0.4, -0.2) is 49.8 Å². The first-order valence-electron chi connectivity index (χ1n) is 7.61. The van der Waals surface area contributed by atoms with Gasteiger partial charge in [0.25, 0.3) is 0 Å². The molecule has 1 aromatic rings. The van der Waals surface area contributed by atoms with E-state index in [4.69, 9.17) is 4.84 Å². The molecule has 7 heteroatoms. The van der Waals surface area contributed by atoms with Gasteiger partial charge in [-0.25, -0.2) is 17.1 Å². The molecule has 22 heavy (non-hydrogen) atoms. The molecule has 0 spiro atoms. The molecular formula is C15H21FN2O3S. The predicted molar refractivity (Wildman–Crippen MR) is 81.0 cm³/mol. The van der Waals surface area contributed by atoms with Gasteiger partial charge in [0.05, 0.1) is 12.6 Å². The molecule has 0 bridgehead atoms. The maximum absolute atomic E-state index is 14.1. The van der Waals surface area contributed by atoms with E-state index in [0.29, 0.717) is 18.7 Å². The van der Waals surface area contributed by atoms with Crippen LogP contribution in [0.4, 0.5) is 4.39 Å². The zero-order valence-corrected chi connectivity index (χ0v) is 13.4. The molecule has 3 rings (SSSR count). The number of halogens is 1. The van der Waals surface area contributed by atoms with Crippen molar-refractivity contribution in [1.29, 1.82) is 0 Å². The lowest BCUT2D eigenvalue weighted by atomic mass is 10.0. The highest BCUT2D eigenvalue weighted by Crippen LogP contribution is 2.36. The molecule has 0 aromatic heterocycles. The molecule has 122 valence electrons. The lowest BCUT2D eigenvalue weighted by Crippen LogP contribution is -2.44. The van der Waals surface area contributed by atoms with Gasteiger partial charge in [0.2, 0.25) is 10.0 Å². The van der Waals surface area contributed by atoms with E-state index >= 15 is 0 Å². The summed E-state index contributed by atoms with van der Waals surface area (Å²) < 4.78 is 41.5. The molecule has 0 amide bonds. The van der Waals surface area contributed by atoms with Gasteiger partial charge in [-0.15, -0.1) is 0 Å². The van der Waals surface area contributed by atoms with Gasteiger partial charge >= 0.3 is 0 Å². The van der Waals surface area contributed by atoms with Crippen LogP contribution in [0.5, 0.6) is 0 Å². The summed E-state index contributed by atoms with van der Waals surface area (Å²) in [6.07, 6.45) is 2.82. The second-order valence-corrected chi connectivity index (χ2v) is 8.00. The number of piperidine rings is 1. The molecule has 0 N–H and O–H groups in total. The first kappa shape index (κ1) is 15.9. The molecule has 0 unspecified atom stereocenters. The first-order chi connectivity index (χ1) is 10.5. The second kappa shape index (κ2) is 6.23. The Bertz CT molecular complexity index is 631. The van der Waals surface area contributed by atoms with Crippen molar-refractivity contribution in [3.63, 3.8) is 0 Å². The number of benzene rings is 1. The predicted octanol–water partition coefficient (Wildman–Crippen LogP) is 1.93. The Labute approximate surface area is 130 Å². The van der Waals surface area contributed by atoms with Crippen LogP contribution in [0.15, 0.2) is 24.3 Å². The van der Waals surface area contributed by atoms with Gasteiger partial charge in [0.15, 0.2) is 0 Å². The average molecular weight is 328 g/mol. The van der Waals surface area contributed by atoms with Gasteiger partial charge in [0, 0.05) is 25.7 Å². The van der Waals surface area contributed by atoms with Crippen LogP contribution < -0.4 is 0 Å². The van der Waals surface area contributed by atoms with Crippen LogP contribution in [0, 0.1) is 5.82 Å². The van der Waals surface area contributed by atoms with Crippen molar-refractivity contribution in [3.8, 4) is 0 Å². The highest BCUT2D eigenvalue weighted by Gasteiger charge is 2.46. The SMILES string of the molecule is CN1OC[C@H](S(=O)(=O)N2CCCCC2)[C@@H]1c1ccccc1F. The minimum atomic E-state index is -3.51. The molecule has 2 heterocycles. The van der Waals surface area contributed by atoms with Gasteiger partial charge in [-0.1, -0.05) is 24.6 Å². The molecule has 2 saturated heterocycles. The topological polar surface area (TPSA) is 49.9 Å².